The lowest BCUT2D eigenvalue weighted by Gasteiger charge is -2.22. The zero-order valence-electron chi connectivity index (χ0n) is 16.0. The molecule has 0 saturated heterocycles. The van der Waals surface area contributed by atoms with Gasteiger partial charge in [-0.1, -0.05) is 30.3 Å². The largest absolute Gasteiger partial charge is 0.506 e. The van der Waals surface area contributed by atoms with Crippen molar-refractivity contribution < 1.29 is 5.11 Å². The Morgan fingerprint density at radius 3 is 2.69 bits per heavy atom. The van der Waals surface area contributed by atoms with Crippen LogP contribution in [-0.2, 0) is 19.3 Å². The number of hydrogen-bond donors (Lipinski definition) is 3. The number of H-pyrrole nitrogens is 1. The van der Waals surface area contributed by atoms with Gasteiger partial charge in [-0.2, -0.15) is 0 Å². The van der Waals surface area contributed by atoms with Crippen molar-refractivity contribution in [3.8, 4) is 17.0 Å². The van der Waals surface area contributed by atoms with E-state index in [0.29, 0.717) is 18.0 Å². The van der Waals surface area contributed by atoms with Crippen molar-refractivity contribution >= 4 is 32.8 Å². The van der Waals surface area contributed by atoms with Crippen molar-refractivity contribution in [3.05, 3.63) is 75.3 Å². The van der Waals surface area contributed by atoms with Crippen molar-refractivity contribution in [3.63, 3.8) is 0 Å². The van der Waals surface area contributed by atoms with E-state index < -0.39 is 0 Å². The van der Waals surface area contributed by atoms with Gasteiger partial charge in [-0.3, -0.25) is 0 Å². The number of phenolic OH excluding ortho intramolecular Hbond substituents is 1. The molecule has 0 atom stereocenters. The van der Waals surface area contributed by atoms with Crippen LogP contribution in [0, 0.1) is 0 Å². The quantitative estimate of drug-likeness (QED) is 0.374. The molecule has 1 aliphatic carbocycles. The number of fused-ring (bicyclic) bond motifs is 2. The second kappa shape index (κ2) is 7.23. The Hall–Kier alpha value is -2.79. The molecule has 5 heteroatoms. The molecular formula is C24H22BrN3O. The van der Waals surface area contributed by atoms with Gasteiger partial charge in [0.15, 0.2) is 0 Å². The lowest BCUT2D eigenvalue weighted by atomic mass is 9.85. The number of nitrogen functional groups attached to an aromatic ring is 1. The summed E-state index contributed by atoms with van der Waals surface area (Å²) < 4.78 is 0.741. The number of hydrogen-bond acceptors (Lipinski definition) is 3. The summed E-state index contributed by atoms with van der Waals surface area (Å²) in [7, 11) is 0. The van der Waals surface area contributed by atoms with E-state index >= 15 is 0 Å². The molecule has 1 aliphatic rings. The van der Waals surface area contributed by atoms with Crippen molar-refractivity contribution in [2.75, 3.05) is 5.73 Å². The minimum atomic E-state index is 0.291. The van der Waals surface area contributed by atoms with Crippen molar-refractivity contribution in [2.45, 2.75) is 32.1 Å². The number of nitrogens with two attached hydrogens (primary N) is 1. The number of phenols is 1. The van der Waals surface area contributed by atoms with E-state index in [9.17, 15) is 5.11 Å². The molecule has 29 heavy (non-hydrogen) atoms. The van der Waals surface area contributed by atoms with Crippen LogP contribution in [0.1, 0.15) is 35.1 Å². The Kier molecular flexibility index (Phi) is 4.55. The standard InChI is InChI=1S/C24H22BrN3O/c25-18-13-15-8-4-5-9-16(15)21(24(18)29)23-17(12-14-6-2-1-3-7-14)22-19(27-23)10-11-20(26)28-22/h1-3,6-7,10-11,13,27,29H,4-5,8-9,12H2,(H2,26,28). The number of aryl methyl sites for hydroxylation is 1. The number of rotatable bonds is 3. The smallest absolute Gasteiger partial charge is 0.139 e. The molecule has 2 heterocycles. The lowest BCUT2D eigenvalue weighted by Crippen LogP contribution is -2.06. The fourth-order valence-electron chi connectivity index (χ4n) is 4.45. The Morgan fingerprint density at radius 1 is 1.07 bits per heavy atom. The summed E-state index contributed by atoms with van der Waals surface area (Å²) in [6.45, 7) is 0. The maximum absolute atomic E-state index is 11.1. The third kappa shape index (κ3) is 3.19. The van der Waals surface area contributed by atoms with Crippen LogP contribution in [0.4, 0.5) is 5.82 Å². The zero-order valence-corrected chi connectivity index (χ0v) is 17.6. The van der Waals surface area contributed by atoms with Gasteiger partial charge in [-0.15, -0.1) is 0 Å². The summed E-state index contributed by atoms with van der Waals surface area (Å²) in [5.41, 5.74) is 14.5. The number of aromatic nitrogens is 2. The van der Waals surface area contributed by atoms with E-state index in [0.717, 1.165) is 51.6 Å². The molecule has 0 aliphatic heterocycles. The topological polar surface area (TPSA) is 74.9 Å². The first kappa shape index (κ1) is 18.3. The van der Waals surface area contributed by atoms with E-state index in [1.165, 1.54) is 23.1 Å². The molecule has 0 radical (unpaired) electrons. The molecule has 4 N–H and O–H groups in total. The van der Waals surface area contributed by atoms with Crippen LogP contribution in [0.15, 0.2) is 53.0 Å². The zero-order chi connectivity index (χ0) is 20.0. The normalized spacial score (nSPS) is 13.6. The molecule has 4 nitrogen and oxygen atoms in total. The minimum Gasteiger partial charge on any atom is -0.506 e. The van der Waals surface area contributed by atoms with E-state index in [1.54, 1.807) is 0 Å². The highest BCUT2D eigenvalue weighted by Gasteiger charge is 2.25. The average molecular weight is 448 g/mol. The maximum atomic E-state index is 11.1. The second-order valence-corrected chi connectivity index (χ2v) is 8.55. The van der Waals surface area contributed by atoms with Gasteiger partial charge in [0.1, 0.15) is 11.6 Å². The van der Waals surface area contributed by atoms with Gasteiger partial charge in [-0.05, 0) is 76.5 Å². The van der Waals surface area contributed by atoms with E-state index in [2.05, 4.69) is 44.1 Å². The van der Waals surface area contributed by atoms with Crippen LogP contribution in [-0.4, -0.2) is 15.1 Å². The Bertz CT molecular complexity index is 1210. The Balaban J connectivity index is 1.80. The molecule has 4 aromatic rings. The van der Waals surface area contributed by atoms with Gasteiger partial charge in [0, 0.05) is 17.5 Å². The molecular weight excluding hydrogens is 426 g/mol. The van der Waals surface area contributed by atoms with Gasteiger partial charge in [-0.25, -0.2) is 4.98 Å². The van der Waals surface area contributed by atoms with Crippen LogP contribution in [0.5, 0.6) is 5.75 Å². The predicted molar refractivity (Wildman–Crippen MR) is 121 cm³/mol. The van der Waals surface area contributed by atoms with Crippen LogP contribution in [0.3, 0.4) is 0 Å². The number of benzene rings is 2. The number of nitrogens with one attached hydrogen (secondary N) is 1. The molecule has 0 fully saturated rings. The van der Waals surface area contributed by atoms with Gasteiger partial charge in [0.25, 0.3) is 0 Å². The number of aromatic amines is 1. The first-order valence-electron chi connectivity index (χ1n) is 9.96. The number of nitrogens with zero attached hydrogens (tertiary/aromatic N) is 1. The Morgan fingerprint density at radius 2 is 1.86 bits per heavy atom. The highest BCUT2D eigenvalue weighted by Crippen LogP contribution is 2.45. The fourth-order valence-corrected chi connectivity index (χ4v) is 4.92. The second-order valence-electron chi connectivity index (χ2n) is 7.70. The summed E-state index contributed by atoms with van der Waals surface area (Å²) >= 11 is 3.57. The van der Waals surface area contributed by atoms with Crippen molar-refractivity contribution in [1.29, 1.82) is 0 Å². The van der Waals surface area contributed by atoms with Crippen molar-refractivity contribution in [1.82, 2.24) is 9.97 Å². The number of pyridine rings is 1. The van der Waals surface area contributed by atoms with Crippen LogP contribution in [0.2, 0.25) is 0 Å². The Labute approximate surface area is 177 Å². The van der Waals surface area contributed by atoms with Crippen molar-refractivity contribution in [2.24, 2.45) is 0 Å². The number of anilines is 1. The number of halogens is 1. The van der Waals surface area contributed by atoms with Gasteiger partial charge >= 0.3 is 0 Å². The monoisotopic (exact) mass is 447 g/mol. The average Bonchev–Trinajstić information content (AvgIpc) is 3.07. The molecule has 5 rings (SSSR count). The first-order chi connectivity index (χ1) is 14.1. The third-order valence-electron chi connectivity index (χ3n) is 5.81. The number of aromatic hydroxyl groups is 1. The third-order valence-corrected chi connectivity index (χ3v) is 6.42. The maximum Gasteiger partial charge on any atom is 0.139 e. The van der Waals surface area contributed by atoms with E-state index in [1.807, 2.05) is 30.3 Å². The highest BCUT2D eigenvalue weighted by molar-refractivity contribution is 9.10. The summed E-state index contributed by atoms with van der Waals surface area (Å²) in [6, 6.07) is 16.2. The van der Waals surface area contributed by atoms with Gasteiger partial charge in [0.2, 0.25) is 0 Å². The molecule has 2 aromatic carbocycles. The lowest BCUT2D eigenvalue weighted by molar-refractivity contribution is 0.472. The van der Waals surface area contributed by atoms with E-state index in [-0.39, 0.29) is 0 Å². The molecule has 0 unspecified atom stereocenters. The summed E-state index contributed by atoms with van der Waals surface area (Å²) in [4.78, 5) is 8.18. The minimum absolute atomic E-state index is 0.291. The molecule has 0 bridgehead atoms. The fraction of sp³-hybridized carbons (Fsp3) is 0.208. The molecule has 0 saturated carbocycles. The summed E-state index contributed by atoms with van der Waals surface area (Å²) in [5, 5.41) is 11.1. The van der Waals surface area contributed by atoms with Crippen LogP contribution < -0.4 is 5.73 Å². The van der Waals surface area contributed by atoms with Gasteiger partial charge in [0.05, 0.1) is 21.2 Å². The molecule has 0 amide bonds. The van der Waals surface area contributed by atoms with Gasteiger partial charge < -0.3 is 15.8 Å². The highest BCUT2D eigenvalue weighted by atomic mass is 79.9. The van der Waals surface area contributed by atoms with Crippen LogP contribution >= 0.6 is 15.9 Å². The summed E-state index contributed by atoms with van der Waals surface area (Å²) in [5.74, 6) is 0.789. The molecule has 2 aromatic heterocycles. The predicted octanol–water partition coefficient (Wildman–Crippen LogP) is 5.75. The summed E-state index contributed by atoms with van der Waals surface area (Å²) in [6.07, 6.45) is 5.06. The SMILES string of the molecule is Nc1ccc2[nH]c(-c3c(O)c(Br)cc4c3CCCC4)c(Cc3ccccc3)c2n1. The molecule has 146 valence electrons. The first-order valence-corrected chi connectivity index (χ1v) is 10.8. The van der Waals surface area contributed by atoms with E-state index in [4.69, 9.17) is 5.73 Å². The van der Waals surface area contributed by atoms with Crippen LogP contribution in [0.25, 0.3) is 22.3 Å². The molecule has 0 spiro atoms.